The van der Waals surface area contributed by atoms with E-state index in [0.717, 1.165) is 31.9 Å². The van der Waals surface area contributed by atoms with Gasteiger partial charge in [-0.25, -0.2) is 5.10 Å². The Hall–Kier alpha value is -2.22. The summed E-state index contributed by atoms with van der Waals surface area (Å²) in [5.74, 6) is -0.390. The number of amides is 1. The number of morpholine rings is 1. The molecule has 1 fully saturated rings. The van der Waals surface area contributed by atoms with Crippen LogP contribution in [0.5, 0.6) is 0 Å². The zero-order valence-electron chi connectivity index (χ0n) is 14.1. The third-order valence-corrected chi connectivity index (χ3v) is 3.30. The molecule has 2 heterocycles. The summed E-state index contributed by atoms with van der Waals surface area (Å²) in [6, 6.07) is 10.9. The van der Waals surface area contributed by atoms with Gasteiger partial charge in [-0.3, -0.25) is 9.59 Å². The number of carbonyl (C=O) groups is 1. The normalized spacial score (nSPS) is 13.0. The molecule has 0 saturated carbocycles. The molecule has 0 bridgehead atoms. The molecule has 1 aliphatic rings. The Morgan fingerprint density at radius 2 is 1.92 bits per heavy atom. The molecular weight excluding hydrogens is 344 g/mol. The van der Waals surface area contributed by atoms with Crippen LogP contribution in [0.15, 0.2) is 41.2 Å². The minimum absolute atomic E-state index is 0. The van der Waals surface area contributed by atoms with Crippen LogP contribution in [0.2, 0.25) is 0 Å². The number of rotatable bonds is 3. The van der Waals surface area contributed by atoms with Crippen molar-refractivity contribution in [2.45, 2.75) is 6.92 Å². The predicted octanol–water partition coefficient (Wildman–Crippen LogP) is 1.21. The van der Waals surface area contributed by atoms with Crippen molar-refractivity contribution in [3.05, 3.63) is 52.3 Å². The van der Waals surface area contributed by atoms with Crippen molar-refractivity contribution in [1.82, 2.24) is 20.8 Å². The number of nitrogens with zero attached hydrogens (tertiary/aromatic N) is 1. The van der Waals surface area contributed by atoms with E-state index in [9.17, 15) is 9.59 Å². The fourth-order valence-corrected chi connectivity index (χ4v) is 2.10. The third kappa shape index (κ3) is 6.66. The maximum absolute atomic E-state index is 11.7. The summed E-state index contributed by atoms with van der Waals surface area (Å²) in [6.07, 6.45) is 0. The molecule has 8 heteroatoms. The number of hydrogen-bond acceptors (Lipinski definition) is 5. The Bertz CT molecular complexity index is 691. The highest BCUT2D eigenvalue weighted by molar-refractivity contribution is 5.94. The van der Waals surface area contributed by atoms with Crippen LogP contribution in [0.1, 0.15) is 17.3 Å². The highest BCUT2D eigenvalue weighted by atomic mass is 35.5. The quantitative estimate of drug-likeness (QED) is 0.759. The lowest BCUT2D eigenvalue weighted by atomic mass is 10.1. The Kier molecular flexibility index (Phi) is 9.46. The van der Waals surface area contributed by atoms with E-state index in [0.29, 0.717) is 12.2 Å². The number of halogens is 1. The highest BCUT2D eigenvalue weighted by Crippen LogP contribution is 2.14. The van der Waals surface area contributed by atoms with Gasteiger partial charge >= 0.3 is 0 Å². The zero-order valence-corrected chi connectivity index (χ0v) is 14.9. The topological polar surface area (TPSA) is 96.1 Å². The fraction of sp³-hybridized carbons (Fsp3) is 0.353. The van der Waals surface area contributed by atoms with Crippen molar-refractivity contribution in [3.63, 3.8) is 0 Å². The van der Waals surface area contributed by atoms with Gasteiger partial charge in [0, 0.05) is 25.2 Å². The first kappa shape index (κ1) is 20.8. The summed E-state index contributed by atoms with van der Waals surface area (Å²) in [5, 5.41) is 12.0. The number of aromatic nitrogens is 2. The SMILES string of the molecule is C1COCCN1.CCNC(=O)c1cc(-c2ccccc2)n[nH]c1=O.Cl. The lowest BCUT2D eigenvalue weighted by Gasteiger charge is -2.10. The second-order valence-corrected chi connectivity index (χ2v) is 5.08. The molecular formula is C17H23ClN4O3. The number of hydrogen-bond donors (Lipinski definition) is 3. The van der Waals surface area contributed by atoms with Gasteiger partial charge in [-0.1, -0.05) is 30.3 Å². The number of ether oxygens (including phenoxy) is 1. The lowest BCUT2D eigenvalue weighted by Crippen LogP contribution is -2.30. The van der Waals surface area contributed by atoms with E-state index in [4.69, 9.17) is 4.74 Å². The van der Waals surface area contributed by atoms with Gasteiger partial charge < -0.3 is 15.4 Å². The highest BCUT2D eigenvalue weighted by Gasteiger charge is 2.11. The number of H-pyrrole nitrogens is 1. The van der Waals surface area contributed by atoms with Crippen LogP contribution in [-0.2, 0) is 4.74 Å². The third-order valence-electron chi connectivity index (χ3n) is 3.30. The van der Waals surface area contributed by atoms with E-state index < -0.39 is 11.5 Å². The average Bonchev–Trinajstić information content (AvgIpc) is 2.65. The lowest BCUT2D eigenvalue weighted by molar-refractivity contribution is 0.0954. The van der Waals surface area contributed by atoms with Crippen LogP contribution in [0.3, 0.4) is 0 Å². The second-order valence-electron chi connectivity index (χ2n) is 5.08. The molecule has 3 rings (SSSR count). The van der Waals surface area contributed by atoms with Crippen molar-refractivity contribution < 1.29 is 9.53 Å². The van der Waals surface area contributed by atoms with Crippen LogP contribution >= 0.6 is 12.4 Å². The van der Waals surface area contributed by atoms with Crippen LogP contribution in [0.25, 0.3) is 11.3 Å². The first-order valence-corrected chi connectivity index (χ1v) is 7.94. The van der Waals surface area contributed by atoms with E-state index in [1.54, 1.807) is 6.92 Å². The van der Waals surface area contributed by atoms with Gasteiger partial charge in [0.15, 0.2) is 0 Å². The van der Waals surface area contributed by atoms with E-state index in [1.165, 1.54) is 6.07 Å². The second kappa shape index (κ2) is 11.4. The Balaban J connectivity index is 0.000000379. The smallest absolute Gasteiger partial charge is 0.277 e. The van der Waals surface area contributed by atoms with E-state index in [2.05, 4.69) is 20.8 Å². The standard InChI is InChI=1S/C13H13N3O2.C4H9NO.ClH/c1-2-14-12(17)10-8-11(15-16-13(10)18)9-6-4-3-5-7-9;1-3-6-4-2-5-1;/h3-8H,2H2,1H3,(H,14,17)(H,16,18);5H,1-4H2;1H. The molecule has 1 aromatic heterocycles. The zero-order chi connectivity index (χ0) is 17.2. The number of aromatic amines is 1. The molecule has 0 atom stereocenters. The van der Waals surface area contributed by atoms with Gasteiger partial charge in [-0.15, -0.1) is 12.4 Å². The maximum atomic E-state index is 11.7. The number of carbonyl (C=O) groups excluding carboxylic acids is 1. The van der Waals surface area contributed by atoms with Crippen LogP contribution < -0.4 is 16.2 Å². The van der Waals surface area contributed by atoms with Crippen molar-refractivity contribution in [1.29, 1.82) is 0 Å². The van der Waals surface area contributed by atoms with E-state index in [1.807, 2.05) is 30.3 Å². The Labute approximate surface area is 152 Å². The first-order chi connectivity index (χ1) is 11.7. The average molecular weight is 367 g/mol. The monoisotopic (exact) mass is 366 g/mol. The molecule has 25 heavy (non-hydrogen) atoms. The Morgan fingerprint density at radius 1 is 1.24 bits per heavy atom. The molecule has 1 saturated heterocycles. The van der Waals surface area contributed by atoms with E-state index in [-0.39, 0.29) is 18.0 Å². The minimum Gasteiger partial charge on any atom is -0.379 e. The predicted molar refractivity (Wildman–Crippen MR) is 99.2 cm³/mol. The van der Waals surface area contributed by atoms with Crippen LogP contribution in [-0.4, -0.2) is 49.0 Å². The van der Waals surface area contributed by atoms with E-state index >= 15 is 0 Å². The Morgan fingerprint density at radius 3 is 2.44 bits per heavy atom. The molecule has 1 amide bonds. The summed E-state index contributed by atoms with van der Waals surface area (Å²) in [7, 11) is 0. The molecule has 3 N–H and O–H groups in total. The summed E-state index contributed by atoms with van der Waals surface area (Å²) in [6.45, 7) is 6.10. The van der Waals surface area contributed by atoms with Crippen molar-refractivity contribution >= 4 is 18.3 Å². The van der Waals surface area contributed by atoms with Gasteiger partial charge in [0.05, 0.1) is 18.9 Å². The summed E-state index contributed by atoms with van der Waals surface area (Å²) in [5.41, 5.74) is 1.00. The molecule has 0 spiro atoms. The van der Waals surface area contributed by atoms with Crippen LogP contribution in [0, 0.1) is 0 Å². The molecule has 2 aromatic rings. The minimum atomic E-state index is -0.486. The maximum Gasteiger partial charge on any atom is 0.277 e. The molecule has 0 radical (unpaired) electrons. The van der Waals surface area contributed by atoms with Crippen molar-refractivity contribution in [3.8, 4) is 11.3 Å². The van der Waals surface area contributed by atoms with Gasteiger partial charge in [0.25, 0.3) is 11.5 Å². The summed E-state index contributed by atoms with van der Waals surface area (Å²) >= 11 is 0. The fourth-order valence-electron chi connectivity index (χ4n) is 2.10. The van der Waals surface area contributed by atoms with Crippen molar-refractivity contribution in [2.24, 2.45) is 0 Å². The van der Waals surface area contributed by atoms with Gasteiger partial charge in [-0.05, 0) is 13.0 Å². The summed E-state index contributed by atoms with van der Waals surface area (Å²) in [4.78, 5) is 23.2. The largest absolute Gasteiger partial charge is 0.379 e. The number of nitrogens with one attached hydrogen (secondary N) is 3. The van der Waals surface area contributed by atoms with Gasteiger partial charge in [0.1, 0.15) is 5.56 Å². The number of benzene rings is 1. The van der Waals surface area contributed by atoms with Gasteiger partial charge in [-0.2, -0.15) is 5.10 Å². The molecule has 7 nitrogen and oxygen atoms in total. The molecule has 1 aromatic carbocycles. The van der Waals surface area contributed by atoms with Crippen LogP contribution in [0.4, 0.5) is 0 Å². The molecule has 1 aliphatic heterocycles. The molecule has 136 valence electrons. The molecule has 0 unspecified atom stereocenters. The van der Waals surface area contributed by atoms with Crippen molar-refractivity contribution in [2.75, 3.05) is 32.8 Å². The first-order valence-electron chi connectivity index (χ1n) is 7.94. The molecule has 0 aliphatic carbocycles. The van der Waals surface area contributed by atoms with Gasteiger partial charge in [0.2, 0.25) is 0 Å². The summed E-state index contributed by atoms with van der Waals surface area (Å²) < 4.78 is 5.01.